The zero-order chi connectivity index (χ0) is 15.2. The van der Waals surface area contributed by atoms with Crippen molar-refractivity contribution < 1.29 is 23.0 Å². The molecule has 0 unspecified atom stereocenters. The van der Waals surface area contributed by atoms with Gasteiger partial charge >= 0.3 is 11.9 Å². The molecular weight excluding hydrogens is 285 g/mol. The molecule has 0 amide bonds. The van der Waals surface area contributed by atoms with Gasteiger partial charge in [0.2, 0.25) is 5.82 Å². The number of H-pyrrole nitrogens is 1. The van der Waals surface area contributed by atoms with Crippen molar-refractivity contribution in [1.29, 1.82) is 0 Å². The van der Waals surface area contributed by atoms with Crippen LogP contribution in [-0.2, 0) is 6.18 Å². The molecule has 1 heterocycles. The van der Waals surface area contributed by atoms with E-state index in [1.807, 2.05) is 4.98 Å². The number of halogens is 3. The van der Waals surface area contributed by atoms with E-state index in [2.05, 4.69) is 4.98 Å². The number of rotatable bonds is 2. The van der Waals surface area contributed by atoms with Gasteiger partial charge in [-0.1, -0.05) is 0 Å². The number of nitro benzene ring substituents is 2. The van der Waals surface area contributed by atoms with E-state index < -0.39 is 38.7 Å². The summed E-state index contributed by atoms with van der Waals surface area (Å²) in [4.78, 5) is 24.6. The summed E-state index contributed by atoms with van der Waals surface area (Å²) in [5.74, 6) is -1.45. The van der Waals surface area contributed by atoms with Crippen LogP contribution in [-0.4, -0.2) is 19.8 Å². The molecule has 0 radical (unpaired) electrons. The maximum absolute atomic E-state index is 12.6. The molecule has 0 aliphatic rings. The third-order valence-corrected chi connectivity index (χ3v) is 2.64. The number of aryl methyl sites for hydroxylation is 1. The molecule has 0 atom stereocenters. The molecule has 0 aliphatic carbocycles. The fourth-order valence-electron chi connectivity index (χ4n) is 1.73. The topological polar surface area (TPSA) is 115 Å². The summed E-state index contributed by atoms with van der Waals surface area (Å²) >= 11 is 0. The number of fused-ring (bicyclic) bond motifs is 1. The molecule has 0 bridgehead atoms. The normalized spacial score (nSPS) is 11.8. The quantitative estimate of drug-likeness (QED) is 0.674. The Balaban J connectivity index is 2.90. The highest BCUT2D eigenvalue weighted by Crippen LogP contribution is 2.36. The number of nitrogens with zero attached hydrogens (tertiary/aromatic N) is 3. The van der Waals surface area contributed by atoms with Crippen LogP contribution in [0.1, 0.15) is 11.4 Å². The lowest BCUT2D eigenvalue weighted by molar-refractivity contribution is -0.393. The SMILES string of the molecule is Cc1c([N+](=O)[O-])cc([N+](=O)[O-])c2nc(C(F)(F)F)[nH]c12. The smallest absolute Gasteiger partial charge is 0.334 e. The number of hydrogen-bond acceptors (Lipinski definition) is 5. The Labute approximate surface area is 107 Å². The fourth-order valence-corrected chi connectivity index (χ4v) is 1.73. The second-order valence-electron chi connectivity index (χ2n) is 3.86. The summed E-state index contributed by atoms with van der Waals surface area (Å²) < 4.78 is 37.7. The van der Waals surface area contributed by atoms with Crippen LogP contribution in [0.3, 0.4) is 0 Å². The lowest BCUT2D eigenvalue weighted by Crippen LogP contribution is -2.07. The molecule has 8 nitrogen and oxygen atoms in total. The minimum absolute atomic E-state index is 0.154. The van der Waals surface area contributed by atoms with E-state index in [4.69, 9.17) is 0 Å². The number of benzene rings is 1. The Hall–Kier alpha value is -2.72. The zero-order valence-electron chi connectivity index (χ0n) is 9.69. The molecule has 0 saturated heterocycles. The predicted molar refractivity (Wildman–Crippen MR) is 59.1 cm³/mol. The highest BCUT2D eigenvalue weighted by Gasteiger charge is 2.37. The number of aromatic amines is 1. The van der Waals surface area contributed by atoms with Crippen LogP contribution in [0.15, 0.2) is 6.07 Å². The molecule has 0 aliphatic heterocycles. The van der Waals surface area contributed by atoms with Crippen molar-refractivity contribution in [2.45, 2.75) is 13.1 Å². The van der Waals surface area contributed by atoms with Crippen LogP contribution in [0.2, 0.25) is 0 Å². The Kier molecular flexibility index (Phi) is 2.84. The summed E-state index contributed by atoms with van der Waals surface area (Å²) in [5.41, 5.74) is -2.60. The van der Waals surface area contributed by atoms with Gasteiger partial charge in [0.05, 0.1) is 27.0 Å². The first-order valence-electron chi connectivity index (χ1n) is 5.02. The monoisotopic (exact) mass is 290 g/mol. The molecule has 2 rings (SSSR count). The lowest BCUT2D eigenvalue weighted by atomic mass is 10.1. The van der Waals surface area contributed by atoms with Crippen LogP contribution in [0.25, 0.3) is 11.0 Å². The Morgan fingerprint density at radius 1 is 1.20 bits per heavy atom. The van der Waals surface area contributed by atoms with Gasteiger partial charge < -0.3 is 4.98 Å². The van der Waals surface area contributed by atoms with Gasteiger partial charge in [-0.15, -0.1) is 0 Å². The van der Waals surface area contributed by atoms with Crippen molar-refractivity contribution in [3.63, 3.8) is 0 Å². The van der Waals surface area contributed by atoms with Gasteiger partial charge in [-0.2, -0.15) is 13.2 Å². The van der Waals surface area contributed by atoms with Crippen molar-refractivity contribution in [3.8, 4) is 0 Å². The molecule has 1 aromatic heterocycles. The molecule has 2 aromatic rings. The number of alkyl halides is 3. The molecule has 0 saturated carbocycles. The van der Waals surface area contributed by atoms with E-state index in [1.165, 1.54) is 6.92 Å². The summed E-state index contributed by atoms with van der Waals surface area (Å²) in [6.07, 6.45) is -4.84. The van der Waals surface area contributed by atoms with E-state index in [0.29, 0.717) is 6.07 Å². The van der Waals surface area contributed by atoms with E-state index in [1.54, 1.807) is 0 Å². The van der Waals surface area contributed by atoms with E-state index >= 15 is 0 Å². The maximum atomic E-state index is 12.6. The van der Waals surface area contributed by atoms with Crippen LogP contribution in [0, 0.1) is 27.2 Å². The molecule has 20 heavy (non-hydrogen) atoms. The summed E-state index contributed by atoms with van der Waals surface area (Å²) in [5, 5.41) is 21.6. The minimum Gasteiger partial charge on any atom is -0.334 e. The Morgan fingerprint density at radius 3 is 2.20 bits per heavy atom. The highest BCUT2D eigenvalue weighted by atomic mass is 19.4. The van der Waals surface area contributed by atoms with Gasteiger partial charge in [0.25, 0.3) is 5.69 Å². The van der Waals surface area contributed by atoms with Crippen molar-refractivity contribution in [2.24, 2.45) is 0 Å². The van der Waals surface area contributed by atoms with Gasteiger partial charge in [-0.25, -0.2) is 4.98 Å². The lowest BCUT2D eigenvalue weighted by Gasteiger charge is -1.99. The van der Waals surface area contributed by atoms with Crippen molar-refractivity contribution in [3.05, 3.63) is 37.7 Å². The average Bonchev–Trinajstić information content (AvgIpc) is 2.73. The first kappa shape index (κ1) is 13.7. The van der Waals surface area contributed by atoms with Gasteiger partial charge in [0, 0.05) is 0 Å². The number of hydrogen-bond donors (Lipinski definition) is 1. The number of nitrogens with one attached hydrogen (secondary N) is 1. The number of aromatic nitrogens is 2. The molecule has 0 spiro atoms. The molecule has 106 valence electrons. The molecule has 11 heteroatoms. The van der Waals surface area contributed by atoms with E-state index in [9.17, 15) is 33.4 Å². The van der Waals surface area contributed by atoms with Crippen LogP contribution < -0.4 is 0 Å². The minimum atomic E-state index is -4.84. The van der Waals surface area contributed by atoms with Crippen molar-refractivity contribution >= 4 is 22.4 Å². The summed E-state index contributed by atoms with van der Waals surface area (Å²) in [6, 6.07) is 0.596. The van der Waals surface area contributed by atoms with Crippen molar-refractivity contribution in [1.82, 2.24) is 9.97 Å². The van der Waals surface area contributed by atoms with E-state index in [0.717, 1.165) is 0 Å². The van der Waals surface area contributed by atoms with Gasteiger partial charge in [-0.05, 0) is 6.92 Å². The fraction of sp³-hybridized carbons (Fsp3) is 0.222. The van der Waals surface area contributed by atoms with Crippen LogP contribution in [0.5, 0.6) is 0 Å². The standard InChI is InChI=1S/C9H5F3N4O4/c1-3-4(15(17)18)2-5(16(19)20)7-6(3)13-8(14-7)9(10,11)12/h2H,1H3,(H,13,14). The molecule has 0 fully saturated rings. The Morgan fingerprint density at radius 2 is 1.75 bits per heavy atom. The molecule has 1 aromatic carbocycles. The first-order chi connectivity index (χ1) is 9.12. The van der Waals surface area contributed by atoms with Gasteiger partial charge in [0.1, 0.15) is 0 Å². The molecule has 1 N–H and O–H groups in total. The van der Waals surface area contributed by atoms with Crippen LogP contribution in [0.4, 0.5) is 24.5 Å². The summed E-state index contributed by atoms with van der Waals surface area (Å²) in [6.45, 7) is 1.18. The number of imidazole rings is 1. The largest absolute Gasteiger partial charge is 0.449 e. The number of nitro groups is 2. The second kappa shape index (κ2) is 4.15. The van der Waals surface area contributed by atoms with Crippen molar-refractivity contribution in [2.75, 3.05) is 0 Å². The van der Waals surface area contributed by atoms with E-state index in [-0.39, 0.29) is 11.1 Å². The third kappa shape index (κ3) is 2.02. The Bertz CT molecular complexity index is 737. The van der Waals surface area contributed by atoms with Gasteiger partial charge in [0.15, 0.2) is 5.52 Å². The maximum Gasteiger partial charge on any atom is 0.449 e. The summed E-state index contributed by atoms with van der Waals surface area (Å²) in [7, 11) is 0. The zero-order valence-corrected chi connectivity index (χ0v) is 9.69. The number of non-ortho nitro benzene ring substituents is 1. The third-order valence-electron chi connectivity index (χ3n) is 2.64. The average molecular weight is 290 g/mol. The second-order valence-corrected chi connectivity index (χ2v) is 3.86. The van der Waals surface area contributed by atoms with Gasteiger partial charge in [-0.3, -0.25) is 20.2 Å². The first-order valence-corrected chi connectivity index (χ1v) is 5.02. The highest BCUT2D eigenvalue weighted by molar-refractivity contribution is 5.90. The predicted octanol–water partition coefficient (Wildman–Crippen LogP) is 2.71. The molecular formula is C9H5F3N4O4. The van der Waals surface area contributed by atoms with Crippen LogP contribution >= 0.6 is 0 Å².